The number of hydrogen-bond donors (Lipinski definition) is 0. The maximum Gasteiger partial charge on any atom is 0.0423 e. The summed E-state index contributed by atoms with van der Waals surface area (Å²) >= 11 is 3.90. The van der Waals surface area contributed by atoms with Gasteiger partial charge >= 0.3 is 0 Å². The quantitative estimate of drug-likeness (QED) is 0.706. The highest BCUT2D eigenvalue weighted by Gasteiger charge is 2.33. The summed E-state index contributed by atoms with van der Waals surface area (Å²) in [4.78, 5) is 0.561. The van der Waals surface area contributed by atoms with Crippen LogP contribution in [0.15, 0.2) is 18.2 Å². The first-order valence-corrected chi connectivity index (χ1v) is 7.43. The minimum Gasteiger partial charge on any atom is -0.0836 e. The molecule has 1 aromatic rings. The molecule has 0 N–H and O–H groups in total. The molecule has 0 aromatic heterocycles. The minimum atomic E-state index is 0.561. The predicted octanol–water partition coefficient (Wildman–Crippen LogP) is 4.66. The summed E-state index contributed by atoms with van der Waals surface area (Å²) in [6.07, 6.45) is 6.81. The first-order valence-electron chi connectivity index (χ1n) is 6.51. The van der Waals surface area contributed by atoms with Crippen molar-refractivity contribution >= 4 is 15.9 Å². The fourth-order valence-corrected chi connectivity index (χ4v) is 3.64. The minimum absolute atomic E-state index is 0.561. The smallest absolute Gasteiger partial charge is 0.0423 e. The number of rotatable bonds is 3. The van der Waals surface area contributed by atoms with Gasteiger partial charge in [0.2, 0.25) is 0 Å². The number of aryl methyl sites for hydroxylation is 2. The van der Waals surface area contributed by atoms with E-state index in [0.29, 0.717) is 4.83 Å². The molecular formula is C15H19Br. The number of halogens is 1. The average Bonchev–Trinajstić information content (AvgIpc) is 3.05. The Balaban J connectivity index is 1.82. The standard InChI is InChI=1S/C15H19Br/c1-10(11-5-6-11)15(16)14-8-7-12-3-2-4-13(12)9-14/h7-11,15H,2-6H2,1H3. The van der Waals surface area contributed by atoms with Crippen molar-refractivity contribution in [1.82, 2.24) is 0 Å². The maximum absolute atomic E-state index is 3.90. The molecule has 1 heteroatoms. The molecule has 2 aliphatic rings. The van der Waals surface area contributed by atoms with Crippen LogP contribution in [0.1, 0.15) is 47.7 Å². The van der Waals surface area contributed by atoms with E-state index >= 15 is 0 Å². The van der Waals surface area contributed by atoms with Crippen molar-refractivity contribution in [2.75, 3.05) is 0 Å². The van der Waals surface area contributed by atoms with Gasteiger partial charge in [-0.1, -0.05) is 41.1 Å². The normalized spacial score (nSPS) is 22.9. The Bertz CT molecular complexity index is 392. The Morgan fingerprint density at radius 1 is 1.19 bits per heavy atom. The Morgan fingerprint density at radius 3 is 2.69 bits per heavy atom. The highest BCUT2D eigenvalue weighted by Crippen LogP contribution is 2.46. The van der Waals surface area contributed by atoms with Crippen LogP contribution < -0.4 is 0 Å². The Hall–Kier alpha value is -0.300. The molecule has 3 rings (SSSR count). The lowest BCUT2D eigenvalue weighted by Gasteiger charge is -2.19. The molecule has 0 saturated heterocycles. The van der Waals surface area contributed by atoms with E-state index in [0.717, 1.165) is 11.8 Å². The first kappa shape index (κ1) is 10.8. The molecule has 2 unspecified atom stereocenters. The summed E-state index contributed by atoms with van der Waals surface area (Å²) in [5.74, 6) is 1.76. The molecule has 16 heavy (non-hydrogen) atoms. The number of fused-ring (bicyclic) bond motifs is 1. The van der Waals surface area contributed by atoms with Gasteiger partial charge in [-0.15, -0.1) is 0 Å². The maximum atomic E-state index is 3.90. The molecule has 0 amide bonds. The lowest BCUT2D eigenvalue weighted by Crippen LogP contribution is -2.06. The molecule has 0 nitrogen and oxygen atoms in total. The third-order valence-electron chi connectivity index (χ3n) is 4.27. The third-order valence-corrected chi connectivity index (χ3v) is 5.63. The van der Waals surface area contributed by atoms with Gasteiger partial charge in [0.05, 0.1) is 0 Å². The first-order chi connectivity index (χ1) is 7.75. The van der Waals surface area contributed by atoms with E-state index in [9.17, 15) is 0 Å². The number of alkyl halides is 1. The van der Waals surface area contributed by atoms with E-state index in [-0.39, 0.29) is 0 Å². The van der Waals surface area contributed by atoms with Gasteiger partial charge in [-0.25, -0.2) is 0 Å². The van der Waals surface area contributed by atoms with Crippen LogP contribution in [0, 0.1) is 11.8 Å². The van der Waals surface area contributed by atoms with Crippen LogP contribution >= 0.6 is 15.9 Å². The van der Waals surface area contributed by atoms with Crippen LogP contribution in [0.3, 0.4) is 0 Å². The molecule has 2 aliphatic carbocycles. The van der Waals surface area contributed by atoms with E-state index in [1.165, 1.54) is 37.7 Å². The van der Waals surface area contributed by atoms with E-state index in [1.54, 1.807) is 11.1 Å². The molecule has 0 bridgehead atoms. The van der Waals surface area contributed by atoms with Gasteiger partial charge in [-0.3, -0.25) is 0 Å². The van der Waals surface area contributed by atoms with Crippen molar-refractivity contribution in [2.45, 2.75) is 43.9 Å². The van der Waals surface area contributed by atoms with Gasteiger partial charge < -0.3 is 0 Å². The molecular weight excluding hydrogens is 260 g/mol. The molecule has 0 aliphatic heterocycles. The van der Waals surface area contributed by atoms with E-state index in [2.05, 4.69) is 41.1 Å². The van der Waals surface area contributed by atoms with E-state index in [1.807, 2.05) is 0 Å². The highest BCUT2D eigenvalue weighted by atomic mass is 79.9. The molecule has 86 valence electrons. The fourth-order valence-electron chi connectivity index (χ4n) is 2.93. The van der Waals surface area contributed by atoms with Gasteiger partial charge in [0.1, 0.15) is 0 Å². The van der Waals surface area contributed by atoms with Crippen LogP contribution in [0.4, 0.5) is 0 Å². The molecule has 0 heterocycles. The Labute approximate surface area is 107 Å². The monoisotopic (exact) mass is 278 g/mol. The van der Waals surface area contributed by atoms with Gasteiger partial charge in [0, 0.05) is 4.83 Å². The second kappa shape index (κ2) is 4.18. The molecule has 2 atom stereocenters. The Kier molecular flexibility index (Phi) is 2.83. The summed E-state index contributed by atoms with van der Waals surface area (Å²) in [6.45, 7) is 2.39. The summed E-state index contributed by atoms with van der Waals surface area (Å²) in [5, 5.41) is 0. The van der Waals surface area contributed by atoms with Crippen LogP contribution in [-0.4, -0.2) is 0 Å². The van der Waals surface area contributed by atoms with Gasteiger partial charge in [-0.2, -0.15) is 0 Å². The molecule has 1 aromatic carbocycles. The second-order valence-electron chi connectivity index (χ2n) is 5.48. The van der Waals surface area contributed by atoms with E-state index < -0.39 is 0 Å². The number of benzene rings is 1. The van der Waals surface area contributed by atoms with Crippen LogP contribution in [-0.2, 0) is 12.8 Å². The van der Waals surface area contributed by atoms with Crippen molar-refractivity contribution in [1.29, 1.82) is 0 Å². The highest BCUT2D eigenvalue weighted by molar-refractivity contribution is 9.09. The zero-order valence-corrected chi connectivity index (χ0v) is 11.5. The lowest BCUT2D eigenvalue weighted by atomic mass is 9.94. The van der Waals surface area contributed by atoms with Crippen LogP contribution in [0.5, 0.6) is 0 Å². The van der Waals surface area contributed by atoms with Crippen molar-refractivity contribution < 1.29 is 0 Å². The zero-order chi connectivity index (χ0) is 11.1. The zero-order valence-electron chi connectivity index (χ0n) is 9.88. The molecule has 0 spiro atoms. The van der Waals surface area contributed by atoms with E-state index in [4.69, 9.17) is 0 Å². The SMILES string of the molecule is CC(C1CC1)C(Br)c1ccc2c(c1)CCC2. The van der Waals surface area contributed by atoms with Crippen molar-refractivity contribution in [3.63, 3.8) is 0 Å². The summed E-state index contributed by atoms with van der Waals surface area (Å²) < 4.78 is 0. The van der Waals surface area contributed by atoms with Crippen molar-refractivity contribution in [2.24, 2.45) is 11.8 Å². The van der Waals surface area contributed by atoms with Gasteiger partial charge in [-0.05, 0) is 60.6 Å². The third kappa shape index (κ3) is 1.95. The fraction of sp³-hybridized carbons (Fsp3) is 0.600. The summed E-state index contributed by atoms with van der Waals surface area (Å²) in [5.41, 5.74) is 4.69. The lowest BCUT2D eigenvalue weighted by molar-refractivity contribution is 0.503. The van der Waals surface area contributed by atoms with Crippen molar-refractivity contribution in [3.8, 4) is 0 Å². The number of hydrogen-bond acceptors (Lipinski definition) is 0. The average molecular weight is 279 g/mol. The summed E-state index contributed by atoms with van der Waals surface area (Å²) in [7, 11) is 0. The van der Waals surface area contributed by atoms with Gasteiger partial charge in [0.25, 0.3) is 0 Å². The van der Waals surface area contributed by atoms with Crippen LogP contribution in [0.2, 0.25) is 0 Å². The second-order valence-corrected chi connectivity index (χ2v) is 6.47. The van der Waals surface area contributed by atoms with Crippen molar-refractivity contribution in [3.05, 3.63) is 34.9 Å². The van der Waals surface area contributed by atoms with Crippen LogP contribution in [0.25, 0.3) is 0 Å². The van der Waals surface area contributed by atoms with Gasteiger partial charge in [0.15, 0.2) is 0 Å². The molecule has 1 saturated carbocycles. The topological polar surface area (TPSA) is 0 Å². The summed E-state index contributed by atoms with van der Waals surface area (Å²) in [6, 6.07) is 7.13. The molecule has 1 fully saturated rings. The largest absolute Gasteiger partial charge is 0.0836 e. The predicted molar refractivity (Wildman–Crippen MR) is 72.0 cm³/mol. The molecule has 0 radical (unpaired) electrons. The Morgan fingerprint density at radius 2 is 1.94 bits per heavy atom.